The standard InChI is InChI=1S/C24H38N6S/c1-7-28-23(31-22-14-21-10-8-9-20(21)13-18(22)2)30(17-27-16-29-19(3)25)12-11-26-15-24(4,5)6/h13-14,16-17,26H,3,7-12,15,25H2,1-2,4-6H3. The van der Waals surface area contributed by atoms with Crippen LogP contribution in [0.15, 0.2) is 44.4 Å². The van der Waals surface area contributed by atoms with Crippen molar-refractivity contribution in [3.05, 3.63) is 41.2 Å². The van der Waals surface area contributed by atoms with E-state index in [9.17, 15) is 0 Å². The van der Waals surface area contributed by atoms with Gasteiger partial charge in [0.05, 0.1) is 6.34 Å². The molecule has 31 heavy (non-hydrogen) atoms. The molecule has 0 fully saturated rings. The first kappa shape index (κ1) is 25.1. The van der Waals surface area contributed by atoms with E-state index >= 15 is 0 Å². The Kier molecular flexibility index (Phi) is 9.78. The van der Waals surface area contributed by atoms with Gasteiger partial charge in [0.15, 0.2) is 5.17 Å². The van der Waals surface area contributed by atoms with Crippen molar-refractivity contribution in [2.45, 2.75) is 58.8 Å². The van der Waals surface area contributed by atoms with E-state index < -0.39 is 0 Å². The van der Waals surface area contributed by atoms with Crippen molar-refractivity contribution in [3.8, 4) is 0 Å². The van der Waals surface area contributed by atoms with Gasteiger partial charge < -0.3 is 16.0 Å². The van der Waals surface area contributed by atoms with E-state index in [1.807, 2.05) is 0 Å². The van der Waals surface area contributed by atoms with Gasteiger partial charge in [0.25, 0.3) is 0 Å². The van der Waals surface area contributed by atoms with Gasteiger partial charge in [0.1, 0.15) is 12.2 Å². The molecule has 6 nitrogen and oxygen atoms in total. The number of amidine groups is 1. The van der Waals surface area contributed by atoms with Crippen molar-refractivity contribution in [2.75, 3.05) is 26.2 Å². The van der Waals surface area contributed by atoms with Crippen LogP contribution in [0.2, 0.25) is 0 Å². The summed E-state index contributed by atoms with van der Waals surface area (Å²) in [7, 11) is 0. The van der Waals surface area contributed by atoms with Crippen LogP contribution in [0.1, 0.15) is 50.8 Å². The summed E-state index contributed by atoms with van der Waals surface area (Å²) in [5.41, 5.74) is 10.0. The Morgan fingerprint density at radius 3 is 2.65 bits per heavy atom. The van der Waals surface area contributed by atoms with Crippen molar-refractivity contribution in [3.63, 3.8) is 0 Å². The highest BCUT2D eigenvalue weighted by Crippen LogP contribution is 2.32. The molecule has 0 unspecified atom stereocenters. The number of hydrogen-bond donors (Lipinski definition) is 2. The zero-order chi connectivity index (χ0) is 22.9. The van der Waals surface area contributed by atoms with Crippen molar-refractivity contribution < 1.29 is 0 Å². The molecule has 1 aliphatic carbocycles. The van der Waals surface area contributed by atoms with Gasteiger partial charge in [0.2, 0.25) is 0 Å². The molecule has 0 heterocycles. The lowest BCUT2D eigenvalue weighted by Crippen LogP contribution is -2.37. The highest BCUT2D eigenvalue weighted by molar-refractivity contribution is 8.13. The first-order valence-corrected chi connectivity index (χ1v) is 11.8. The van der Waals surface area contributed by atoms with Crippen LogP contribution >= 0.6 is 11.8 Å². The fourth-order valence-corrected chi connectivity index (χ4v) is 4.40. The summed E-state index contributed by atoms with van der Waals surface area (Å²) in [4.78, 5) is 16.4. The van der Waals surface area contributed by atoms with Gasteiger partial charge >= 0.3 is 0 Å². The number of aryl methyl sites for hydroxylation is 3. The first-order valence-electron chi connectivity index (χ1n) is 11.0. The van der Waals surface area contributed by atoms with Crippen molar-refractivity contribution in [1.82, 2.24) is 10.2 Å². The Hall–Kier alpha value is -2.12. The van der Waals surface area contributed by atoms with Crippen LogP contribution < -0.4 is 11.1 Å². The minimum atomic E-state index is 0.237. The summed E-state index contributed by atoms with van der Waals surface area (Å²) in [6, 6.07) is 4.69. The molecule has 3 N–H and O–H groups in total. The van der Waals surface area contributed by atoms with Crippen LogP contribution in [0, 0.1) is 12.3 Å². The van der Waals surface area contributed by atoms with Crippen LogP contribution in [-0.4, -0.2) is 48.9 Å². The fraction of sp³-hybridized carbons (Fsp3) is 0.542. The molecule has 0 aliphatic heterocycles. The smallest absolute Gasteiger partial charge is 0.169 e. The number of thioether (sulfide) groups is 1. The molecule has 170 valence electrons. The Bertz CT molecular complexity index is 835. The quantitative estimate of drug-likeness (QED) is 0.257. The number of aliphatic imine (C=N–C) groups is 3. The molecule has 0 atom stereocenters. The highest BCUT2D eigenvalue weighted by atomic mass is 32.2. The van der Waals surface area contributed by atoms with Gasteiger partial charge in [-0.05, 0) is 61.3 Å². The van der Waals surface area contributed by atoms with Crippen LogP contribution in [0.4, 0.5) is 0 Å². The van der Waals surface area contributed by atoms with Crippen molar-refractivity contribution in [1.29, 1.82) is 0 Å². The molecule has 1 aliphatic rings. The van der Waals surface area contributed by atoms with Crippen LogP contribution in [0.3, 0.4) is 0 Å². The van der Waals surface area contributed by atoms with E-state index in [0.29, 0.717) is 6.54 Å². The first-order chi connectivity index (χ1) is 14.7. The second kappa shape index (κ2) is 12.1. The van der Waals surface area contributed by atoms with Crippen LogP contribution in [-0.2, 0) is 12.8 Å². The summed E-state index contributed by atoms with van der Waals surface area (Å²) in [5.74, 6) is 0.237. The molecule has 1 aromatic rings. The molecule has 0 spiro atoms. The van der Waals surface area contributed by atoms with Gasteiger partial charge in [-0.3, -0.25) is 4.99 Å². The molecule has 0 aromatic heterocycles. The largest absolute Gasteiger partial charge is 0.384 e. The summed E-state index contributed by atoms with van der Waals surface area (Å²) in [6.45, 7) is 17.7. The van der Waals surface area contributed by atoms with E-state index in [4.69, 9.17) is 10.7 Å². The molecule has 1 aromatic carbocycles. The fourth-order valence-electron chi connectivity index (χ4n) is 3.33. The topological polar surface area (TPSA) is 78.4 Å². The third kappa shape index (κ3) is 8.87. The second-order valence-corrected chi connectivity index (χ2v) is 10.0. The summed E-state index contributed by atoms with van der Waals surface area (Å²) in [6.07, 6.45) is 6.82. The molecular weight excluding hydrogens is 404 g/mol. The molecular formula is C24H38N6S. The minimum absolute atomic E-state index is 0.237. The Labute approximate surface area is 192 Å². The SMILES string of the molecule is C=C(N)N=CN=CN(CCNCC(C)(C)C)C(=NCC)Sc1cc2c(cc1C)CCC2. The lowest BCUT2D eigenvalue weighted by Gasteiger charge is -2.24. The summed E-state index contributed by atoms with van der Waals surface area (Å²) in [5, 5.41) is 4.47. The molecule has 0 radical (unpaired) electrons. The predicted molar refractivity (Wildman–Crippen MR) is 136 cm³/mol. The van der Waals surface area contributed by atoms with E-state index in [-0.39, 0.29) is 11.2 Å². The summed E-state index contributed by atoms with van der Waals surface area (Å²) >= 11 is 1.71. The molecule has 0 bridgehead atoms. The summed E-state index contributed by atoms with van der Waals surface area (Å²) < 4.78 is 0. The highest BCUT2D eigenvalue weighted by Gasteiger charge is 2.17. The second-order valence-electron chi connectivity index (χ2n) is 9.03. The van der Waals surface area contributed by atoms with Crippen molar-refractivity contribution >= 4 is 29.6 Å². The zero-order valence-corrected chi connectivity index (χ0v) is 20.6. The number of rotatable bonds is 9. The van der Waals surface area contributed by atoms with E-state index in [2.05, 4.69) is 73.5 Å². The van der Waals surface area contributed by atoms with E-state index in [0.717, 1.165) is 24.8 Å². The monoisotopic (exact) mass is 442 g/mol. The Balaban J connectivity index is 2.19. The Morgan fingerprint density at radius 1 is 1.29 bits per heavy atom. The third-order valence-corrected chi connectivity index (χ3v) is 6.02. The van der Waals surface area contributed by atoms with E-state index in [1.54, 1.807) is 18.1 Å². The number of nitrogens with two attached hydrogens (primary N) is 1. The molecule has 0 amide bonds. The number of hydrogen-bond acceptors (Lipinski definition) is 5. The average molecular weight is 443 g/mol. The molecule has 7 heteroatoms. The van der Waals surface area contributed by atoms with Gasteiger partial charge in [-0.25, -0.2) is 9.98 Å². The lowest BCUT2D eigenvalue weighted by atomic mass is 9.97. The third-order valence-electron chi connectivity index (χ3n) is 4.81. The zero-order valence-electron chi connectivity index (χ0n) is 19.7. The molecule has 0 saturated carbocycles. The molecule has 0 saturated heterocycles. The molecule has 2 rings (SSSR count). The minimum Gasteiger partial charge on any atom is -0.384 e. The van der Waals surface area contributed by atoms with Crippen LogP contribution in [0.25, 0.3) is 0 Å². The number of nitrogens with one attached hydrogen (secondary N) is 1. The van der Waals surface area contributed by atoms with Crippen LogP contribution in [0.5, 0.6) is 0 Å². The average Bonchev–Trinajstić information content (AvgIpc) is 3.12. The van der Waals surface area contributed by atoms with Gasteiger partial charge in [-0.15, -0.1) is 0 Å². The van der Waals surface area contributed by atoms with Gasteiger partial charge in [0, 0.05) is 31.1 Å². The normalized spacial score (nSPS) is 14.5. The van der Waals surface area contributed by atoms with Gasteiger partial charge in [-0.2, -0.15) is 0 Å². The van der Waals surface area contributed by atoms with Gasteiger partial charge in [-0.1, -0.05) is 45.2 Å². The van der Waals surface area contributed by atoms with E-state index in [1.165, 1.54) is 47.2 Å². The maximum atomic E-state index is 5.50. The Morgan fingerprint density at radius 2 is 2.00 bits per heavy atom. The lowest BCUT2D eigenvalue weighted by molar-refractivity contribution is 0.376. The van der Waals surface area contributed by atoms with Crippen molar-refractivity contribution in [2.24, 2.45) is 26.1 Å². The number of benzene rings is 1. The number of fused-ring (bicyclic) bond motifs is 1. The predicted octanol–water partition coefficient (Wildman–Crippen LogP) is 4.38. The maximum absolute atomic E-state index is 5.50. The maximum Gasteiger partial charge on any atom is 0.169 e. The number of nitrogens with zero attached hydrogens (tertiary/aromatic N) is 4.